The molecule has 0 saturated carbocycles. The van der Waals surface area contributed by atoms with Gasteiger partial charge >= 0.3 is 6.18 Å². The van der Waals surface area contributed by atoms with E-state index in [1.54, 1.807) is 30.3 Å². The van der Waals surface area contributed by atoms with Gasteiger partial charge in [-0.2, -0.15) is 13.2 Å². The molecule has 0 aliphatic carbocycles. The lowest BCUT2D eigenvalue weighted by Crippen LogP contribution is -2.22. The number of hydrogen-bond donors (Lipinski definition) is 1. The number of nitrogens with one attached hydrogen (secondary N) is 1. The van der Waals surface area contributed by atoms with Gasteiger partial charge in [-0.15, -0.1) is 0 Å². The first-order valence-corrected chi connectivity index (χ1v) is 7.98. The molecule has 2 aromatic rings. The first kappa shape index (κ1) is 19.1. The summed E-state index contributed by atoms with van der Waals surface area (Å²) in [6, 6.07) is 11.0. The van der Waals surface area contributed by atoms with Gasteiger partial charge in [0.2, 0.25) is 0 Å². The number of rotatable bonds is 6. The van der Waals surface area contributed by atoms with Crippen LogP contribution in [-0.4, -0.2) is 25.8 Å². The topological polar surface area (TPSA) is 47.6 Å². The zero-order chi connectivity index (χ0) is 18.4. The van der Waals surface area contributed by atoms with Crippen LogP contribution in [-0.2, 0) is 6.54 Å². The van der Waals surface area contributed by atoms with Gasteiger partial charge in [0, 0.05) is 12.1 Å². The second-order valence-corrected chi connectivity index (χ2v) is 5.93. The highest BCUT2D eigenvalue weighted by molar-refractivity contribution is 9.10. The maximum absolute atomic E-state index is 12.1. The van der Waals surface area contributed by atoms with E-state index in [2.05, 4.69) is 26.0 Å². The molecule has 0 aliphatic rings. The maximum atomic E-state index is 12.1. The van der Waals surface area contributed by atoms with Crippen molar-refractivity contribution in [2.45, 2.75) is 12.7 Å². The summed E-state index contributed by atoms with van der Waals surface area (Å²) < 4.78 is 46.6. The van der Waals surface area contributed by atoms with Gasteiger partial charge in [0.05, 0.1) is 11.6 Å². The SMILES string of the molecule is COc1ccc(C(=O)NCc2ccc(OCC(F)(F)F)cc2)cc1Br. The molecule has 8 heteroatoms. The van der Waals surface area contributed by atoms with E-state index in [0.29, 0.717) is 15.8 Å². The number of ether oxygens (including phenoxy) is 2. The molecular formula is C17H15BrF3NO3. The molecule has 0 saturated heterocycles. The minimum atomic E-state index is -4.38. The lowest BCUT2D eigenvalue weighted by Gasteiger charge is -2.10. The van der Waals surface area contributed by atoms with Crippen molar-refractivity contribution in [3.8, 4) is 11.5 Å². The van der Waals surface area contributed by atoms with Crippen molar-refractivity contribution in [3.63, 3.8) is 0 Å². The fourth-order valence-electron chi connectivity index (χ4n) is 1.96. The quantitative estimate of drug-likeness (QED) is 0.760. The monoisotopic (exact) mass is 417 g/mol. The van der Waals surface area contributed by atoms with Gasteiger partial charge < -0.3 is 14.8 Å². The van der Waals surface area contributed by atoms with Crippen LogP contribution < -0.4 is 14.8 Å². The average Bonchev–Trinajstić information content (AvgIpc) is 2.58. The van der Waals surface area contributed by atoms with Crippen molar-refractivity contribution < 1.29 is 27.4 Å². The number of methoxy groups -OCH3 is 1. The van der Waals surface area contributed by atoms with Crippen LogP contribution in [0.3, 0.4) is 0 Å². The summed E-state index contributed by atoms with van der Waals surface area (Å²) in [6.45, 7) is -1.10. The van der Waals surface area contributed by atoms with Crippen molar-refractivity contribution in [3.05, 3.63) is 58.1 Å². The summed E-state index contributed by atoms with van der Waals surface area (Å²) in [6.07, 6.45) is -4.38. The Labute approximate surface area is 151 Å². The maximum Gasteiger partial charge on any atom is 0.422 e. The third-order valence-electron chi connectivity index (χ3n) is 3.19. The molecule has 0 spiro atoms. The molecule has 25 heavy (non-hydrogen) atoms. The highest BCUT2D eigenvalue weighted by atomic mass is 79.9. The summed E-state index contributed by atoms with van der Waals surface area (Å²) in [4.78, 5) is 12.1. The zero-order valence-corrected chi connectivity index (χ0v) is 14.8. The van der Waals surface area contributed by atoms with Crippen LogP contribution in [0.1, 0.15) is 15.9 Å². The van der Waals surface area contributed by atoms with E-state index in [1.165, 1.54) is 19.2 Å². The number of halogens is 4. The number of amides is 1. The minimum absolute atomic E-state index is 0.117. The fraction of sp³-hybridized carbons (Fsp3) is 0.235. The molecule has 2 aromatic carbocycles. The average molecular weight is 418 g/mol. The Bertz CT molecular complexity index is 733. The van der Waals surface area contributed by atoms with E-state index in [1.807, 2.05) is 0 Å². The number of carbonyl (C=O) groups is 1. The molecule has 4 nitrogen and oxygen atoms in total. The van der Waals surface area contributed by atoms with Crippen LogP contribution in [0.4, 0.5) is 13.2 Å². The van der Waals surface area contributed by atoms with Crippen LogP contribution >= 0.6 is 15.9 Å². The number of alkyl halides is 3. The first-order chi connectivity index (χ1) is 11.8. The van der Waals surface area contributed by atoms with Crippen molar-refractivity contribution >= 4 is 21.8 Å². The molecule has 0 radical (unpaired) electrons. The minimum Gasteiger partial charge on any atom is -0.496 e. The Hall–Kier alpha value is -2.22. The van der Waals surface area contributed by atoms with E-state index < -0.39 is 12.8 Å². The normalized spacial score (nSPS) is 11.1. The largest absolute Gasteiger partial charge is 0.496 e. The summed E-state index contributed by atoms with van der Waals surface area (Å²) in [7, 11) is 1.53. The second-order valence-electron chi connectivity index (χ2n) is 5.08. The van der Waals surface area contributed by atoms with Crippen LogP contribution in [0.5, 0.6) is 11.5 Å². The van der Waals surface area contributed by atoms with Crippen molar-refractivity contribution in [2.24, 2.45) is 0 Å². The molecule has 1 amide bonds. The molecule has 0 aliphatic heterocycles. The highest BCUT2D eigenvalue weighted by Gasteiger charge is 2.28. The van der Waals surface area contributed by atoms with E-state index in [0.717, 1.165) is 5.56 Å². The Morgan fingerprint density at radius 3 is 2.40 bits per heavy atom. The molecule has 0 fully saturated rings. The van der Waals surface area contributed by atoms with Crippen LogP contribution in [0.25, 0.3) is 0 Å². The Morgan fingerprint density at radius 2 is 1.84 bits per heavy atom. The standard InChI is InChI=1S/C17H15BrF3NO3/c1-24-15-7-4-12(8-14(15)18)16(23)22-9-11-2-5-13(6-3-11)25-10-17(19,20)21/h2-8H,9-10H2,1H3,(H,22,23). The molecular weight excluding hydrogens is 403 g/mol. The summed E-state index contributed by atoms with van der Waals surface area (Å²) >= 11 is 3.31. The van der Waals surface area contributed by atoms with Crippen LogP contribution in [0, 0.1) is 0 Å². The number of benzene rings is 2. The molecule has 0 aromatic heterocycles. The first-order valence-electron chi connectivity index (χ1n) is 7.19. The van der Waals surface area contributed by atoms with Gasteiger partial charge in [0.1, 0.15) is 11.5 Å². The van der Waals surface area contributed by atoms with E-state index >= 15 is 0 Å². The lowest BCUT2D eigenvalue weighted by molar-refractivity contribution is -0.153. The second kappa shape index (κ2) is 8.24. The molecule has 0 atom stereocenters. The third-order valence-corrected chi connectivity index (χ3v) is 3.81. The number of carbonyl (C=O) groups excluding carboxylic acids is 1. The lowest BCUT2D eigenvalue weighted by atomic mass is 10.2. The Morgan fingerprint density at radius 1 is 1.16 bits per heavy atom. The summed E-state index contributed by atoms with van der Waals surface area (Å²) in [5.41, 5.74) is 1.19. The Kier molecular flexibility index (Phi) is 6.30. The van der Waals surface area contributed by atoms with Crippen LogP contribution in [0.2, 0.25) is 0 Å². The number of hydrogen-bond acceptors (Lipinski definition) is 3. The predicted octanol–water partition coefficient (Wildman–Crippen LogP) is 4.33. The highest BCUT2D eigenvalue weighted by Crippen LogP contribution is 2.25. The van der Waals surface area contributed by atoms with E-state index in [4.69, 9.17) is 4.74 Å². The van der Waals surface area contributed by atoms with Crippen molar-refractivity contribution in [1.82, 2.24) is 5.32 Å². The van der Waals surface area contributed by atoms with Crippen molar-refractivity contribution in [2.75, 3.05) is 13.7 Å². The van der Waals surface area contributed by atoms with Gasteiger partial charge in [0.25, 0.3) is 5.91 Å². The summed E-state index contributed by atoms with van der Waals surface area (Å²) in [5.74, 6) is 0.457. The van der Waals surface area contributed by atoms with Gasteiger partial charge in [0.15, 0.2) is 6.61 Å². The molecule has 2 rings (SSSR count). The van der Waals surface area contributed by atoms with Gasteiger partial charge in [-0.25, -0.2) is 0 Å². The Balaban J connectivity index is 1.90. The zero-order valence-electron chi connectivity index (χ0n) is 13.2. The fourth-order valence-corrected chi connectivity index (χ4v) is 2.50. The molecule has 0 bridgehead atoms. The predicted molar refractivity (Wildman–Crippen MR) is 89.9 cm³/mol. The van der Waals surface area contributed by atoms with Crippen molar-refractivity contribution in [1.29, 1.82) is 0 Å². The molecule has 0 unspecified atom stereocenters. The molecule has 134 valence electrons. The molecule has 0 heterocycles. The van der Waals surface area contributed by atoms with Gasteiger partial charge in [-0.05, 0) is 51.8 Å². The molecule has 1 N–H and O–H groups in total. The third kappa shape index (κ3) is 5.97. The van der Waals surface area contributed by atoms with Crippen LogP contribution in [0.15, 0.2) is 46.9 Å². The smallest absolute Gasteiger partial charge is 0.422 e. The van der Waals surface area contributed by atoms with Gasteiger partial charge in [-0.1, -0.05) is 12.1 Å². The summed E-state index contributed by atoms with van der Waals surface area (Å²) in [5, 5.41) is 2.73. The van der Waals surface area contributed by atoms with E-state index in [9.17, 15) is 18.0 Å². The van der Waals surface area contributed by atoms with E-state index in [-0.39, 0.29) is 18.2 Å². The van der Waals surface area contributed by atoms with Gasteiger partial charge in [-0.3, -0.25) is 4.79 Å².